The molecule has 0 saturated heterocycles. The topological polar surface area (TPSA) is 437 Å². The SMILES string of the molecule is O.[Cu+2].[O-][Cl+3]([O-])([O-])[O-].[O-][Cl+3]([O-])([O-])[O-].[OH3+].[OH3+].c1cnc2n[se]nc2c1.c1cnc2n[se]nc2c1.c1cnc2n[se]nc2c1.c1cnc2n[se]nc2c1. The molecule has 8 heterocycles. The summed E-state index contributed by atoms with van der Waals surface area (Å²) in [5.41, 5.74) is 6.98. The van der Waals surface area contributed by atoms with E-state index in [0.29, 0.717) is 0 Å². The van der Waals surface area contributed by atoms with Gasteiger partial charge in [-0.1, -0.05) is 0 Å². The fourth-order valence-corrected chi connectivity index (χ4v) is 6.64. The Hall–Kier alpha value is -2.26. The first-order valence-electron chi connectivity index (χ1n) is 11.2. The van der Waals surface area contributed by atoms with Crippen LogP contribution in [0.1, 0.15) is 0 Å². The molecule has 30 heteroatoms. The van der Waals surface area contributed by atoms with E-state index in [1.54, 1.807) is 24.8 Å². The number of halogens is 2. The van der Waals surface area contributed by atoms with Gasteiger partial charge in [0.2, 0.25) is 0 Å². The number of nitrogens with zero attached hydrogens (tertiary/aromatic N) is 12. The van der Waals surface area contributed by atoms with E-state index in [9.17, 15) is 0 Å². The summed E-state index contributed by atoms with van der Waals surface area (Å²) in [6.07, 6.45) is 6.94. The van der Waals surface area contributed by atoms with Gasteiger partial charge in [0.1, 0.15) is 0 Å². The van der Waals surface area contributed by atoms with Crippen LogP contribution in [-0.2, 0) is 28.0 Å². The van der Waals surface area contributed by atoms with Crippen LogP contribution in [0.15, 0.2) is 73.3 Å². The molecule has 8 N–H and O–H groups in total. The minimum atomic E-state index is -4.94. The van der Waals surface area contributed by atoms with Gasteiger partial charge in [0.05, 0.1) is 0 Å². The quantitative estimate of drug-likeness (QED) is 0.100. The molecule has 0 aromatic carbocycles. The average Bonchev–Trinajstić information content (AvgIpc) is 3.83. The maximum atomic E-state index is 8.49. The van der Waals surface area contributed by atoms with Crippen LogP contribution in [0.5, 0.6) is 0 Å². The van der Waals surface area contributed by atoms with Gasteiger partial charge in [-0.2, -0.15) is 0 Å². The van der Waals surface area contributed by atoms with E-state index < -0.39 is 20.5 Å². The van der Waals surface area contributed by atoms with Crippen molar-refractivity contribution < 1.29 is 91.3 Å². The van der Waals surface area contributed by atoms with E-state index >= 15 is 0 Å². The van der Waals surface area contributed by atoms with E-state index in [1.165, 1.54) is 0 Å². The first-order valence-corrected chi connectivity index (χ1v) is 19.8. The Kier molecular flexibility index (Phi) is 25.6. The second-order valence-corrected chi connectivity index (χ2v) is 13.1. The van der Waals surface area contributed by atoms with Crippen molar-refractivity contribution in [1.82, 2.24) is 51.8 Å². The third kappa shape index (κ3) is 21.2. The molecular weight excluding hydrogens is 1030 g/mol. The molecule has 23 nitrogen and oxygen atoms in total. The zero-order valence-corrected chi connectivity index (χ0v) is 33.2. The first kappa shape index (κ1) is 49.8. The summed E-state index contributed by atoms with van der Waals surface area (Å²) < 4.78 is 101. The summed E-state index contributed by atoms with van der Waals surface area (Å²) in [6, 6.07) is 15.2. The summed E-state index contributed by atoms with van der Waals surface area (Å²) >= 11 is 0.265. The molecule has 0 atom stereocenters. The van der Waals surface area contributed by atoms with Crippen molar-refractivity contribution >= 4 is 105 Å². The van der Waals surface area contributed by atoms with Gasteiger partial charge in [0.25, 0.3) is 0 Å². The van der Waals surface area contributed by atoms with Crippen LogP contribution in [0.2, 0.25) is 0 Å². The van der Waals surface area contributed by atoms with Crippen molar-refractivity contribution in [2.24, 2.45) is 0 Å². The molecule has 0 spiro atoms. The van der Waals surface area contributed by atoms with Crippen LogP contribution in [0.3, 0.4) is 0 Å². The van der Waals surface area contributed by atoms with Gasteiger partial charge in [-0.05, 0) is 0 Å². The fraction of sp³-hybridized carbons (Fsp3) is 0. The maximum absolute atomic E-state index is 8.49. The predicted molar refractivity (Wildman–Crippen MR) is 150 cm³/mol. The second kappa shape index (κ2) is 25.7. The van der Waals surface area contributed by atoms with Crippen LogP contribution >= 0.6 is 0 Å². The number of pyridine rings is 4. The molecule has 1 radical (unpaired) electrons. The molecule has 0 bridgehead atoms. The normalized spacial score (nSPS) is 9.76. The van der Waals surface area contributed by atoms with E-state index in [-0.39, 0.29) is 93.3 Å². The molecule has 0 aliphatic rings. The molecule has 0 fully saturated rings. The van der Waals surface area contributed by atoms with Gasteiger partial charge in [-0.3, -0.25) is 0 Å². The summed E-state index contributed by atoms with van der Waals surface area (Å²) in [6.45, 7) is 0. The van der Waals surface area contributed by atoms with E-state index in [1.807, 2.05) is 48.5 Å². The molecule has 0 aliphatic heterocycles. The van der Waals surface area contributed by atoms with Crippen molar-refractivity contribution in [2.45, 2.75) is 0 Å². The Balaban J connectivity index is 0. The molecule has 0 unspecified atom stereocenters. The van der Waals surface area contributed by atoms with Gasteiger partial charge >= 0.3 is 247 Å². The fourth-order valence-electron chi connectivity index (χ4n) is 2.53. The molecule has 0 saturated carbocycles. The van der Waals surface area contributed by atoms with Gasteiger partial charge in [-0.25, -0.2) is 37.3 Å². The molecule has 273 valence electrons. The Morgan fingerprint density at radius 3 is 0.720 bits per heavy atom. The van der Waals surface area contributed by atoms with Gasteiger partial charge in [0, 0.05) is 0 Å². The number of aromatic nitrogens is 12. The van der Waals surface area contributed by atoms with E-state index in [4.69, 9.17) is 37.3 Å². The number of hydrogen-bond acceptors (Lipinski definition) is 20. The minimum absolute atomic E-state index is 0. The summed E-state index contributed by atoms with van der Waals surface area (Å²) in [4.78, 5) is 16.1. The Bertz CT molecular complexity index is 1630. The zero-order chi connectivity index (χ0) is 33.4. The Morgan fingerprint density at radius 2 is 0.560 bits per heavy atom. The number of fused-ring (bicyclic) bond motifs is 4. The van der Waals surface area contributed by atoms with Crippen molar-refractivity contribution in [3.8, 4) is 0 Å². The number of rotatable bonds is 0. The van der Waals surface area contributed by atoms with Crippen LogP contribution in [0.25, 0.3) is 44.7 Å². The van der Waals surface area contributed by atoms with Crippen LogP contribution in [0, 0.1) is 20.5 Å². The average molecular weight is 1050 g/mol. The molecule has 0 amide bonds. The van der Waals surface area contributed by atoms with Gasteiger partial charge in [-0.15, -0.1) is 20.5 Å². The van der Waals surface area contributed by atoms with Crippen LogP contribution in [0.4, 0.5) is 0 Å². The first-order chi connectivity index (χ1) is 21.9. The van der Waals surface area contributed by atoms with Crippen LogP contribution in [-0.4, -0.2) is 117 Å². The third-order valence-corrected chi connectivity index (χ3v) is 8.60. The molecule has 8 rings (SSSR count). The zero-order valence-electron chi connectivity index (χ0n) is 23.9. The van der Waals surface area contributed by atoms with E-state index in [0.717, 1.165) is 44.7 Å². The standard InChI is InChI=1S/4C5H3N3Se.2ClHO4.Cu.3H2O/c4*1-2-4-5(6-3-1)8-9-7-4;2*2-1(3,4)5;;;;/h4*1-3H;2*(H,2,3,4,5);;3*1H2/q;;;;;;+2;;;. The molecule has 8 aromatic heterocycles. The van der Waals surface area contributed by atoms with Crippen molar-refractivity contribution in [3.05, 3.63) is 73.3 Å². The molecule has 0 aliphatic carbocycles. The Morgan fingerprint density at radius 1 is 0.380 bits per heavy atom. The third-order valence-electron chi connectivity index (χ3n) is 4.13. The van der Waals surface area contributed by atoms with Crippen LogP contribution < -0.4 is 37.3 Å². The summed E-state index contributed by atoms with van der Waals surface area (Å²) in [5.74, 6) is 0. The van der Waals surface area contributed by atoms with Crippen molar-refractivity contribution in [1.29, 1.82) is 0 Å². The molecular formula is C20H20Cl2CuN12O11Se4+2. The summed E-state index contributed by atoms with van der Waals surface area (Å²) in [7, 11) is -9.89. The van der Waals surface area contributed by atoms with E-state index in [2.05, 4.69) is 51.8 Å². The molecule has 8 aromatic rings. The van der Waals surface area contributed by atoms with Gasteiger partial charge < -0.3 is 16.4 Å². The van der Waals surface area contributed by atoms with Gasteiger partial charge in [0.15, 0.2) is 0 Å². The Labute approximate surface area is 318 Å². The monoisotopic (exact) mass is 1060 g/mol. The number of hydrogen-bond donors (Lipinski definition) is 0. The van der Waals surface area contributed by atoms with Crippen molar-refractivity contribution in [3.63, 3.8) is 0 Å². The summed E-state index contributed by atoms with van der Waals surface area (Å²) in [5, 5.41) is 0. The van der Waals surface area contributed by atoms with Crippen molar-refractivity contribution in [2.75, 3.05) is 0 Å². The molecule has 50 heavy (non-hydrogen) atoms. The second-order valence-electron chi connectivity index (χ2n) is 7.20. The predicted octanol–water partition coefficient (Wildman–Crippen LogP) is -11.9.